The fraction of sp³-hybridized carbons (Fsp3) is 0.238. The van der Waals surface area contributed by atoms with Crippen molar-refractivity contribution in [3.8, 4) is 11.1 Å². The molecule has 1 aromatic heterocycles. The number of hydrogen-bond acceptors (Lipinski definition) is 4. The van der Waals surface area contributed by atoms with Crippen LogP contribution < -0.4 is 16.4 Å². The fourth-order valence-electron chi connectivity index (χ4n) is 3.70. The smallest absolute Gasteiger partial charge is 0.228 e. The summed E-state index contributed by atoms with van der Waals surface area (Å²) in [5.74, 6) is 0.808. The fourth-order valence-corrected chi connectivity index (χ4v) is 3.70. The number of pyridine rings is 1. The minimum atomic E-state index is 0.0629. The van der Waals surface area contributed by atoms with Crippen molar-refractivity contribution < 1.29 is 4.79 Å². The van der Waals surface area contributed by atoms with Gasteiger partial charge in [-0.15, -0.1) is 0 Å². The van der Waals surface area contributed by atoms with Crippen LogP contribution in [0.2, 0.25) is 0 Å². The molecule has 5 nitrogen and oxygen atoms in total. The second kappa shape index (κ2) is 5.73. The monoisotopic (exact) mass is 344 g/mol. The Balaban J connectivity index is 1.58. The number of hydrogen-bond donors (Lipinski definition) is 3. The first-order valence-electron chi connectivity index (χ1n) is 9.05. The highest BCUT2D eigenvalue weighted by Gasteiger charge is 2.29. The van der Waals surface area contributed by atoms with Gasteiger partial charge < -0.3 is 16.4 Å². The van der Waals surface area contributed by atoms with Crippen LogP contribution in [0.3, 0.4) is 0 Å². The summed E-state index contributed by atoms with van der Waals surface area (Å²) in [5.41, 5.74) is 11.9. The summed E-state index contributed by atoms with van der Waals surface area (Å²) in [6, 6.07) is 12.4. The molecule has 130 valence electrons. The Bertz CT molecular complexity index is 1040. The summed E-state index contributed by atoms with van der Waals surface area (Å²) in [6.07, 6.45) is 4.71. The summed E-state index contributed by atoms with van der Waals surface area (Å²) in [5, 5.41) is 8.23. The third-order valence-electron chi connectivity index (χ3n) is 5.25. The number of nitrogens with one attached hydrogen (secondary N) is 2. The van der Waals surface area contributed by atoms with Crippen molar-refractivity contribution in [2.24, 2.45) is 5.92 Å². The third kappa shape index (κ3) is 2.56. The van der Waals surface area contributed by atoms with E-state index in [1.54, 1.807) is 6.20 Å². The van der Waals surface area contributed by atoms with Crippen LogP contribution >= 0.6 is 0 Å². The van der Waals surface area contributed by atoms with Crippen LogP contribution in [0.15, 0.2) is 42.6 Å². The van der Waals surface area contributed by atoms with Gasteiger partial charge in [-0.25, -0.2) is 4.98 Å². The number of nitrogen functional groups attached to an aromatic ring is 1. The molecular formula is C21H20N4O. The molecule has 5 rings (SSSR count). The van der Waals surface area contributed by atoms with Crippen molar-refractivity contribution in [3.63, 3.8) is 0 Å². The quantitative estimate of drug-likeness (QED) is 0.631. The molecule has 0 spiro atoms. The van der Waals surface area contributed by atoms with Crippen molar-refractivity contribution in [2.75, 3.05) is 22.9 Å². The molecule has 0 radical (unpaired) electrons. The van der Waals surface area contributed by atoms with Gasteiger partial charge in [0.25, 0.3) is 0 Å². The zero-order valence-corrected chi connectivity index (χ0v) is 14.4. The van der Waals surface area contributed by atoms with Crippen LogP contribution in [0.1, 0.15) is 18.4 Å². The van der Waals surface area contributed by atoms with E-state index in [4.69, 9.17) is 5.73 Å². The number of aromatic nitrogens is 1. The molecule has 1 amide bonds. The Morgan fingerprint density at radius 3 is 2.96 bits per heavy atom. The summed E-state index contributed by atoms with van der Waals surface area (Å²) < 4.78 is 0. The molecule has 1 aliphatic heterocycles. The van der Waals surface area contributed by atoms with Crippen molar-refractivity contribution in [2.45, 2.75) is 19.3 Å². The molecule has 2 aliphatic rings. The minimum Gasteiger partial charge on any atom is -0.398 e. The maximum Gasteiger partial charge on any atom is 0.228 e. The van der Waals surface area contributed by atoms with Gasteiger partial charge in [0.1, 0.15) is 5.82 Å². The van der Waals surface area contributed by atoms with Gasteiger partial charge in [0.2, 0.25) is 5.91 Å². The highest BCUT2D eigenvalue weighted by molar-refractivity contribution is 6.00. The Hall–Kier alpha value is -3.08. The molecule has 5 heteroatoms. The number of nitrogens with two attached hydrogens (primary N) is 1. The first kappa shape index (κ1) is 15.2. The molecule has 2 heterocycles. The number of anilines is 3. The molecule has 0 saturated heterocycles. The van der Waals surface area contributed by atoms with E-state index >= 15 is 0 Å². The van der Waals surface area contributed by atoms with Crippen LogP contribution in [0.25, 0.3) is 21.9 Å². The van der Waals surface area contributed by atoms with Gasteiger partial charge in [0.15, 0.2) is 0 Å². The van der Waals surface area contributed by atoms with Gasteiger partial charge in [-0.1, -0.05) is 12.1 Å². The maximum absolute atomic E-state index is 12.0. The van der Waals surface area contributed by atoms with E-state index in [0.29, 0.717) is 11.5 Å². The first-order valence-corrected chi connectivity index (χ1v) is 9.05. The van der Waals surface area contributed by atoms with Crippen LogP contribution in [0.5, 0.6) is 0 Å². The van der Waals surface area contributed by atoms with Crippen molar-refractivity contribution >= 4 is 33.9 Å². The van der Waals surface area contributed by atoms with E-state index in [9.17, 15) is 4.79 Å². The SMILES string of the molecule is Nc1cc(-c2cccc3c2CCN3)cc2cc(NC(=O)C3CC3)ncc12. The average Bonchev–Trinajstić information content (AvgIpc) is 3.38. The Morgan fingerprint density at radius 2 is 2.12 bits per heavy atom. The standard InChI is InChI=1S/C21H20N4O/c22-18-9-13(15-2-1-3-19-16(15)6-7-23-19)8-14-10-20(24-11-17(14)18)25-21(26)12-4-5-12/h1-3,8-12,23H,4-7,22H2,(H,24,25,26). The molecule has 26 heavy (non-hydrogen) atoms. The number of carbonyl (C=O) groups is 1. The summed E-state index contributed by atoms with van der Waals surface area (Å²) >= 11 is 0. The van der Waals surface area contributed by atoms with E-state index in [1.165, 1.54) is 16.8 Å². The molecule has 2 aromatic carbocycles. The van der Waals surface area contributed by atoms with E-state index in [0.717, 1.165) is 42.1 Å². The normalized spacial score (nSPS) is 15.5. The van der Waals surface area contributed by atoms with E-state index in [2.05, 4.69) is 39.9 Å². The zero-order chi connectivity index (χ0) is 17.7. The lowest BCUT2D eigenvalue weighted by Crippen LogP contribution is -2.14. The number of fused-ring (bicyclic) bond motifs is 2. The highest BCUT2D eigenvalue weighted by Crippen LogP contribution is 2.36. The summed E-state index contributed by atoms with van der Waals surface area (Å²) in [7, 11) is 0. The van der Waals surface area contributed by atoms with Crippen molar-refractivity contribution in [1.29, 1.82) is 0 Å². The lowest BCUT2D eigenvalue weighted by Gasteiger charge is -2.12. The van der Waals surface area contributed by atoms with Crippen molar-refractivity contribution in [1.82, 2.24) is 4.98 Å². The van der Waals surface area contributed by atoms with Crippen LogP contribution in [0.4, 0.5) is 17.2 Å². The minimum absolute atomic E-state index is 0.0629. The predicted molar refractivity (Wildman–Crippen MR) is 105 cm³/mol. The van der Waals surface area contributed by atoms with E-state index < -0.39 is 0 Å². The van der Waals surface area contributed by atoms with Gasteiger partial charge in [-0.3, -0.25) is 4.79 Å². The summed E-state index contributed by atoms with van der Waals surface area (Å²) in [4.78, 5) is 16.4. The number of amides is 1. The van der Waals surface area contributed by atoms with Crippen LogP contribution in [0, 0.1) is 5.92 Å². The zero-order valence-electron chi connectivity index (χ0n) is 14.4. The van der Waals surface area contributed by atoms with Gasteiger partial charge in [-0.05, 0) is 65.6 Å². The van der Waals surface area contributed by atoms with Gasteiger partial charge in [0.05, 0.1) is 0 Å². The maximum atomic E-state index is 12.0. The first-order chi connectivity index (χ1) is 12.7. The Labute approximate surface area is 151 Å². The number of nitrogens with zero attached hydrogens (tertiary/aromatic N) is 1. The second-order valence-corrected chi connectivity index (χ2v) is 7.13. The van der Waals surface area contributed by atoms with E-state index in [-0.39, 0.29) is 11.8 Å². The molecule has 0 atom stereocenters. The molecule has 1 fully saturated rings. The van der Waals surface area contributed by atoms with Gasteiger partial charge in [0, 0.05) is 35.4 Å². The van der Waals surface area contributed by atoms with Crippen LogP contribution in [-0.4, -0.2) is 17.4 Å². The molecule has 0 bridgehead atoms. The summed E-state index contributed by atoms with van der Waals surface area (Å²) in [6.45, 7) is 0.969. The number of rotatable bonds is 3. The number of benzene rings is 2. The molecule has 1 saturated carbocycles. The topological polar surface area (TPSA) is 80.0 Å². The molecule has 4 N–H and O–H groups in total. The third-order valence-corrected chi connectivity index (χ3v) is 5.25. The predicted octanol–water partition coefficient (Wildman–Crippen LogP) is 3.80. The van der Waals surface area contributed by atoms with Crippen molar-refractivity contribution in [3.05, 3.63) is 48.2 Å². The van der Waals surface area contributed by atoms with Crippen LogP contribution in [-0.2, 0) is 11.2 Å². The average molecular weight is 344 g/mol. The largest absolute Gasteiger partial charge is 0.398 e. The highest BCUT2D eigenvalue weighted by atomic mass is 16.2. The van der Waals surface area contributed by atoms with Gasteiger partial charge in [-0.2, -0.15) is 0 Å². The molecule has 3 aromatic rings. The lowest BCUT2D eigenvalue weighted by atomic mass is 9.95. The van der Waals surface area contributed by atoms with Gasteiger partial charge >= 0.3 is 0 Å². The Morgan fingerprint density at radius 1 is 1.23 bits per heavy atom. The second-order valence-electron chi connectivity index (χ2n) is 7.13. The molecule has 1 aliphatic carbocycles. The Kier molecular flexibility index (Phi) is 3.35. The van der Waals surface area contributed by atoms with E-state index in [1.807, 2.05) is 12.1 Å². The number of carbonyl (C=O) groups excluding carboxylic acids is 1. The lowest BCUT2D eigenvalue weighted by molar-refractivity contribution is -0.117. The molecular weight excluding hydrogens is 324 g/mol. The molecule has 0 unspecified atom stereocenters.